The molecule has 9 heteroatoms. The summed E-state index contributed by atoms with van der Waals surface area (Å²) >= 11 is 19.8. The van der Waals surface area contributed by atoms with Crippen molar-refractivity contribution in [2.45, 2.75) is 6.42 Å². The number of benzene rings is 2. The highest BCUT2D eigenvalue weighted by Gasteiger charge is 2.15. The highest BCUT2D eigenvalue weighted by Crippen LogP contribution is 2.34. The minimum atomic E-state index is -0.588. The molecule has 0 spiro atoms. The number of carbonyl (C=O) groups is 1. The molecular weight excluding hydrogens is 501 g/mol. The predicted molar refractivity (Wildman–Crippen MR) is 133 cm³/mol. The SMILES string of the molecule is N#C/C(=C\c1ccc(-c2cccc(Cl)c2Cl)o1)C(=O)Nc1ncc(Cc2ccccc2Cl)s1. The second kappa shape index (κ2) is 10.2. The van der Waals surface area contributed by atoms with Crippen LogP contribution in [0.2, 0.25) is 15.1 Å². The van der Waals surface area contributed by atoms with E-state index in [0.717, 1.165) is 10.4 Å². The number of furan rings is 1. The molecule has 4 aromatic rings. The van der Waals surface area contributed by atoms with Gasteiger partial charge in [-0.3, -0.25) is 10.1 Å². The highest BCUT2D eigenvalue weighted by atomic mass is 35.5. The van der Waals surface area contributed by atoms with E-state index >= 15 is 0 Å². The Morgan fingerprint density at radius 1 is 1.09 bits per heavy atom. The Balaban J connectivity index is 1.48. The molecule has 2 aromatic heterocycles. The quantitative estimate of drug-likeness (QED) is 0.213. The molecule has 2 heterocycles. The Kier molecular flexibility index (Phi) is 7.17. The molecule has 0 aliphatic carbocycles. The molecule has 0 saturated carbocycles. The van der Waals surface area contributed by atoms with Crippen molar-refractivity contribution in [3.63, 3.8) is 0 Å². The Bertz CT molecular complexity index is 1400. The lowest BCUT2D eigenvalue weighted by atomic mass is 10.1. The average Bonchev–Trinajstić information content (AvgIpc) is 3.45. The predicted octanol–water partition coefficient (Wildman–Crippen LogP) is 7.50. The Labute approximate surface area is 208 Å². The third-order valence-electron chi connectivity index (χ3n) is 4.59. The van der Waals surface area contributed by atoms with Crippen molar-refractivity contribution < 1.29 is 9.21 Å². The summed E-state index contributed by atoms with van der Waals surface area (Å²) in [5, 5.41) is 13.9. The zero-order chi connectivity index (χ0) is 23.4. The number of aromatic nitrogens is 1. The fourth-order valence-electron chi connectivity index (χ4n) is 3.00. The van der Waals surface area contributed by atoms with Crippen LogP contribution in [0, 0.1) is 11.3 Å². The van der Waals surface area contributed by atoms with E-state index in [1.807, 2.05) is 30.3 Å². The Morgan fingerprint density at radius 3 is 2.67 bits per heavy atom. The van der Waals surface area contributed by atoms with E-state index in [-0.39, 0.29) is 5.57 Å². The molecule has 0 aliphatic heterocycles. The van der Waals surface area contributed by atoms with E-state index in [2.05, 4.69) is 10.3 Å². The fraction of sp³-hybridized carbons (Fsp3) is 0.0417. The maximum absolute atomic E-state index is 12.6. The molecule has 0 unspecified atom stereocenters. The number of carbonyl (C=O) groups excluding carboxylic acids is 1. The third kappa shape index (κ3) is 5.47. The summed E-state index contributed by atoms with van der Waals surface area (Å²) in [6.07, 6.45) is 3.62. The van der Waals surface area contributed by atoms with Crippen LogP contribution in [0.5, 0.6) is 0 Å². The van der Waals surface area contributed by atoms with Gasteiger partial charge in [-0.2, -0.15) is 5.26 Å². The van der Waals surface area contributed by atoms with Gasteiger partial charge >= 0.3 is 0 Å². The van der Waals surface area contributed by atoms with Crippen LogP contribution in [0.1, 0.15) is 16.2 Å². The van der Waals surface area contributed by atoms with Crippen molar-refractivity contribution in [1.29, 1.82) is 5.26 Å². The summed E-state index contributed by atoms with van der Waals surface area (Å²) < 4.78 is 5.74. The van der Waals surface area contributed by atoms with Crippen LogP contribution in [0.15, 0.2) is 70.8 Å². The van der Waals surface area contributed by atoms with Crippen LogP contribution in [0.4, 0.5) is 5.13 Å². The monoisotopic (exact) mass is 513 g/mol. The minimum Gasteiger partial charge on any atom is -0.457 e. The number of anilines is 1. The molecule has 164 valence electrons. The van der Waals surface area contributed by atoms with Gasteiger partial charge in [0.25, 0.3) is 5.91 Å². The lowest BCUT2D eigenvalue weighted by Gasteiger charge is -2.02. The van der Waals surface area contributed by atoms with Crippen molar-refractivity contribution in [2.75, 3.05) is 5.32 Å². The fourth-order valence-corrected chi connectivity index (χ4v) is 4.43. The van der Waals surface area contributed by atoms with Crippen LogP contribution >= 0.6 is 46.1 Å². The van der Waals surface area contributed by atoms with E-state index < -0.39 is 5.91 Å². The van der Waals surface area contributed by atoms with Crippen molar-refractivity contribution in [1.82, 2.24) is 4.98 Å². The van der Waals surface area contributed by atoms with Gasteiger partial charge in [-0.25, -0.2) is 4.98 Å². The van der Waals surface area contributed by atoms with Gasteiger partial charge in [-0.15, -0.1) is 11.3 Å². The number of thiazole rings is 1. The summed E-state index contributed by atoms with van der Waals surface area (Å²) in [7, 11) is 0. The first kappa shape index (κ1) is 23.1. The van der Waals surface area contributed by atoms with Gasteiger partial charge in [0.15, 0.2) is 5.13 Å². The first-order valence-corrected chi connectivity index (χ1v) is 11.5. The number of hydrogen-bond donors (Lipinski definition) is 1. The molecule has 4 rings (SSSR count). The first-order valence-electron chi connectivity index (χ1n) is 9.60. The molecule has 0 saturated heterocycles. The summed E-state index contributed by atoms with van der Waals surface area (Å²) in [6.45, 7) is 0. The molecule has 5 nitrogen and oxygen atoms in total. The van der Waals surface area contributed by atoms with E-state index in [9.17, 15) is 10.1 Å². The molecule has 1 N–H and O–H groups in total. The number of halogens is 3. The lowest BCUT2D eigenvalue weighted by Crippen LogP contribution is -2.13. The van der Waals surface area contributed by atoms with E-state index in [1.54, 1.807) is 36.5 Å². The van der Waals surface area contributed by atoms with Gasteiger partial charge in [0, 0.05) is 34.2 Å². The molecule has 33 heavy (non-hydrogen) atoms. The molecule has 0 radical (unpaired) electrons. The highest BCUT2D eigenvalue weighted by molar-refractivity contribution is 7.15. The smallest absolute Gasteiger partial charge is 0.268 e. The van der Waals surface area contributed by atoms with Gasteiger partial charge in [0.05, 0.1) is 10.0 Å². The van der Waals surface area contributed by atoms with Crippen LogP contribution in [-0.2, 0) is 11.2 Å². The number of nitriles is 1. The van der Waals surface area contributed by atoms with Gasteiger partial charge in [0.2, 0.25) is 0 Å². The molecule has 0 fully saturated rings. The number of hydrogen-bond acceptors (Lipinski definition) is 5. The minimum absolute atomic E-state index is 0.129. The van der Waals surface area contributed by atoms with E-state index in [1.165, 1.54) is 17.4 Å². The second-order valence-electron chi connectivity index (χ2n) is 6.83. The molecule has 1 amide bonds. The van der Waals surface area contributed by atoms with Crippen LogP contribution in [0.3, 0.4) is 0 Å². The van der Waals surface area contributed by atoms with Crippen molar-refractivity contribution in [2.24, 2.45) is 0 Å². The van der Waals surface area contributed by atoms with Crippen molar-refractivity contribution >= 4 is 63.3 Å². The molecule has 0 bridgehead atoms. The van der Waals surface area contributed by atoms with Gasteiger partial charge in [-0.1, -0.05) is 59.1 Å². The number of nitrogens with zero attached hydrogens (tertiary/aromatic N) is 2. The summed E-state index contributed by atoms with van der Waals surface area (Å²) in [5.74, 6) is 0.205. The van der Waals surface area contributed by atoms with E-state index in [4.69, 9.17) is 39.2 Å². The van der Waals surface area contributed by atoms with Gasteiger partial charge in [-0.05, 0) is 35.9 Å². The number of nitrogens with one attached hydrogen (secondary N) is 1. The Hall–Kier alpha value is -3.08. The normalized spacial score (nSPS) is 11.3. The standard InChI is InChI=1S/C24H14Cl3N3O2S/c25-19-6-2-1-4-14(19)11-17-13-29-24(33-17)30-23(31)15(12-28)10-16-8-9-21(32-16)18-5-3-7-20(26)22(18)27/h1-10,13H,11H2,(H,29,30,31)/b15-10+. The third-order valence-corrected chi connectivity index (χ3v) is 6.69. The first-order chi connectivity index (χ1) is 15.9. The number of amides is 1. The zero-order valence-corrected chi connectivity index (χ0v) is 19.9. The molecular formula is C24H14Cl3N3O2S. The van der Waals surface area contributed by atoms with Crippen molar-refractivity contribution in [3.05, 3.63) is 97.6 Å². The molecule has 2 aromatic carbocycles. The van der Waals surface area contributed by atoms with Crippen LogP contribution in [0.25, 0.3) is 17.4 Å². The van der Waals surface area contributed by atoms with Crippen molar-refractivity contribution in [3.8, 4) is 17.4 Å². The van der Waals surface area contributed by atoms with Crippen LogP contribution < -0.4 is 5.32 Å². The maximum Gasteiger partial charge on any atom is 0.268 e. The summed E-state index contributed by atoms with van der Waals surface area (Å²) in [5.41, 5.74) is 1.45. The average molecular weight is 515 g/mol. The topological polar surface area (TPSA) is 78.9 Å². The van der Waals surface area contributed by atoms with Gasteiger partial charge in [0.1, 0.15) is 23.2 Å². The molecule has 0 aliphatic rings. The zero-order valence-electron chi connectivity index (χ0n) is 16.8. The van der Waals surface area contributed by atoms with Crippen LogP contribution in [-0.4, -0.2) is 10.9 Å². The largest absolute Gasteiger partial charge is 0.457 e. The molecule has 0 atom stereocenters. The number of rotatable bonds is 6. The van der Waals surface area contributed by atoms with Gasteiger partial charge < -0.3 is 4.42 Å². The lowest BCUT2D eigenvalue weighted by molar-refractivity contribution is -0.112. The Morgan fingerprint density at radius 2 is 1.88 bits per heavy atom. The summed E-state index contributed by atoms with van der Waals surface area (Å²) in [6, 6.07) is 18.0. The second-order valence-corrected chi connectivity index (χ2v) is 9.13. The maximum atomic E-state index is 12.6. The van der Waals surface area contributed by atoms with E-state index in [0.29, 0.717) is 43.7 Å². The summed E-state index contributed by atoms with van der Waals surface area (Å²) in [4.78, 5) is 17.8.